The summed E-state index contributed by atoms with van der Waals surface area (Å²) in [4.78, 5) is 25.2. The molecule has 0 atom stereocenters. The lowest BCUT2D eigenvalue weighted by Gasteiger charge is -2.27. The molecule has 1 amide bonds. The topological polar surface area (TPSA) is 52.2 Å². The van der Waals surface area contributed by atoms with Crippen molar-refractivity contribution in [3.8, 4) is 0 Å². The number of halogens is 1. The number of aromatic nitrogens is 2. The molecule has 0 unspecified atom stereocenters. The van der Waals surface area contributed by atoms with Crippen molar-refractivity contribution in [1.82, 2.24) is 19.8 Å². The van der Waals surface area contributed by atoms with Crippen molar-refractivity contribution < 1.29 is 4.79 Å². The van der Waals surface area contributed by atoms with Crippen LogP contribution in [0, 0.1) is 0 Å². The SMILES string of the molecule is CN(Cc1ccc(Cl)s1)C(=O)CN1CC=C(c2c[nH]c3ncccc23)CC1. The molecule has 1 aliphatic rings. The first kappa shape index (κ1) is 18.2. The third kappa shape index (κ3) is 4.08. The van der Waals surface area contributed by atoms with Crippen LogP contribution in [-0.2, 0) is 11.3 Å². The van der Waals surface area contributed by atoms with E-state index in [-0.39, 0.29) is 5.91 Å². The van der Waals surface area contributed by atoms with Gasteiger partial charge in [0.15, 0.2) is 0 Å². The van der Waals surface area contributed by atoms with Crippen LogP contribution in [0.5, 0.6) is 0 Å². The number of nitrogens with zero attached hydrogens (tertiary/aromatic N) is 3. The smallest absolute Gasteiger partial charge is 0.236 e. The van der Waals surface area contributed by atoms with Crippen molar-refractivity contribution in [3.63, 3.8) is 0 Å². The molecule has 0 fully saturated rings. The Labute approximate surface area is 167 Å². The van der Waals surface area contributed by atoms with Gasteiger partial charge in [0.2, 0.25) is 5.91 Å². The Morgan fingerprint density at radius 3 is 3.04 bits per heavy atom. The summed E-state index contributed by atoms with van der Waals surface area (Å²) >= 11 is 7.49. The number of hydrogen-bond donors (Lipinski definition) is 1. The highest BCUT2D eigenvalue weighted by Gasteiger charge is 2.19. The highest BCUT2D eigenvalue weighted by atomic mass is 35.5. The minimum Gasteiger partial charge on any atom is -0.346 e. The zero-order valence-corrected chi connectivity index (χ0v) is 16.7. The standard InChI is InChI=1S/C20H21ClN4OS/c1-24(12-15-4-5-18(21)27-15)19(26)13-25-9-6-14(7-10-25)17-11-23-20-16(17)3-2-8-22-20/h2-6,8,11H,7,9-10,12-13H2,1H3,(H,22,23). The van der Waals surface area contributed by atoms with E-state index in [1.54, 1.807) is 11.1 Å². The van der Waals surface area contributed by atoms with E-state index in [1.807, 2.05) is 31.4 Å². The Balaban J connectivity index is 1.36. The fourth-order valence-electron chi connectivity index (χ4n) is 3.39. The molecule has 0 bridgehead atoms. The Kier molecular flexibility index (Phi) is 5.29. The molecule has 0 saturated heterocycles. The number of likely N-dealkylation sites (N-methyl/N-ethyl adjacent to an activating group) is 1. The molecule has 0 saturated carbocycles. The van der Waals surface area contributed by atoms with Gasteiger partial charge < -0.3 is 9.88 Å². The van der Waals surface area contributed by atoms with Crippen LogP contribution in [0.4, 0.5) is 0 Å². The maximum absolute atomic E-state index is 12.5. The number of thiophene rings is 1. The molecule has 0 aromatic carbocycles. The Morgan fingerprint density at radius 1 is 1.41 bits per heavy atom. The van der Waals surface area contributed by atoms with Crippen LogP contribution in [0.25, 0.3) is 16.6 Å². The van der Waals surface area contributed by atoms with E-state index in [0.717, 1.165) is 39.8 Å². The molecule has 5 nitrogen and oxygen atoms in total. The van der Waals surface area contributed by atoms with Gasteiger partial charge in [0.25, 0.3) is 0 Å². The number of aromatic amines is 1. The van der Waals surface area contributed by atoms with E-state index >= 15 is 0 Å². The number of H-pyrrole nitrogens is 1. The lowest BCUT2D eigenvalue weighted by atomic mass is 9.99. The van der Waals surface area contributed by atoms with Crippen LogP contribution in [0.1, 0.15) is 16.9 Å². The normalized spacial score (nSPS) is 15.1. The third-order valence-electron chi connectivity index (χ3n) is 4.90. The minimum absolute atomic E-state index is 0.132. The van der Waals surface area contributed by atoms with Crippen LogP contribution in [0.3, 0.4) is 0 Å². The van der Waals surface area contributed by atoms with Crippen LogP contribution in [0.15, 0.2) is 42.7 Å². The molecule has 3 aromatic heterocycles. The lowest BCUT2D eigenvalue weighted by molar-refractivity contribution is -0.131. The molecular formula is C20H21ClN4OS. The van der Waals surface area contributed by atoms with E-state index in [4.69, 9.17) is 11.6 Å². The number of carbonyl (C=O) groups excluding carboxylic acids is 1. The summed E-state index contributed by atoms with van der Waals surface area (Å²) in [6.07, 6.45) is 6.99. The number of fused-ring (bicyclic) bond motifs is 1. The summed E-state index contributed by atoms with van der Waals surface area (Å²) < 4.78 is 0.757. The number of hydrogen-bond acceptors (Lipinski definition) is 4. The molecule has 0 radical (unpaired) electrons. The van der Waals surface area contributed by atoms with Crippen LogP contribution < -0.4 is 0 Å². The Morgan fingerprint density at radius 2 is 2.30 bits per heavy atom. The van der Waals surface area contributed by atoms with Crippen LogP contribution in [-0.4, -0.2) is 52.4 Å². The van der Waals surface area contributed by atoms with Gasteiger partial charge >= 0.3 is 0 Å². The molecule has 27 heavy (non-hydrogen) atoms. The second kappa shape index (κ2) is 7.84. The zero-order valence-electron chi connectivity index (χ0n) is 15.1. The highest BCUT2D eigenvalue weighted by molar-refractivity contribution is 7.16. The molecule has 3 aromatic rings. The number of carbonyl (C=O) groups is 1. The predicted octanol–water partition coefficient (Wildman–Crippen LogP) is 4.03. The molecular weight excluding hydrogens is 380 g/mol. The fourth-order valence-corrected chi connectivity index (χ4v) is 4.53. The number of pyridine rings is 1. The van der Waals surface area contributed by atoms with E-state index < -0.39 is 0 Å². The zero-order chi connectivity index (χ0) is 18.8. The summed E-state index contributed by atoms with van der Waals surface area (Å²) in [7, 11) is 1.85. The van der Waals surface area contributed by atoms with Gasteiger partial charge in [0.1, 0.15) is 5.65 Å². The fraction of sp³-hybridized carbons (Fsp3) is 0.300. The predicted molar refractivity (Wildman–Crippen MR) is 111 cm³/mol. The second-order valence-electron chi connectivity index (χ2n) is 6.77. The first-order chi connectivity index (χ1) is 13.1. The van der Waals surface area contributed by atoms with E-state index in [0.29, 0.717) is 13.1 Å². The van der Waals surface area contributed by atoms with Crippen molar-refractivity contribution in [2.24, 2.45) is 0 Å². The third-order valence-corrected chi connectivity index (χ3v) is 6.11. The van der Waals surface area contributed by atoms with Gasteiger partial charge in [-0.1, -0.05) is 17.7 Å². The molecule has 140 valence electrons. The Hall–Kier alpha value is -2.15. The van der Waals surface area contributed by atoms with Crippen molar-refractivity contribution in [2.45, 2.75) is 13.0 Å². The summed E-state index contributed by atoms with van der Waals surface area (Å²) in [5.41, 5.74) is 3.46. The van der Waals surface area contributed by atoms with Crippen molar-refractivity contribution >= 4 is 45.5 Å². The minimum atomic E-state index is 0.132. The van der Waals surface area contributed by atoms with E-state index in [9.17, 15) is 4.79 Å². The van der Waals surface area contributed by atoms with E-state index in [2.05, 4.69) is 27.0 Å². The van der Waals surface area contributed by atoms with Crippen LogP contribution in [0.2, 0.25) is 4.34 Å². The largest absolute Gasteiger partial charge is 0.346 e. The number of rotatable bonds is 5. The van der Waals surface area contributed by atoms with Crippen molar-refractivity contribution in [1.29, 1.82) is 0 Å². The molecule has 4 heterocycles. The molecule has 0 aliphatic carbocycles. The average molecular weight is 401 g/mol. The van der Waals surface area contributed by atoms with Gasteiger partial charge in [-0.05, 0) is 36.3 Å². The van der Waals surface area contributed by atoms with Crippen molar-refractivity contribution in [3.05, 3.63) is 57.5 Å². The molecule has 7 heteroatoms. The first-order valence-corrected chi connectivity index (χ1v) is 10.1. The summed E-state index contributed by atoms with van der Waals surface area (Å²) in [6, 6.07) is 7.90. The maximum Gasteiger partial charge on any atom is 0.236 e. The number of amides is 1. The summed E-state index contributed by atoms with van der Waals surface area (Å²) in [5.74, 6) is 0.132. The second-order valence-corrected chi connectivity index (χ2v) is 8.57. The maximum atomic E-state index is 12.5. The molecule has 1 aliphatic heterocycles. The van der Waals surface area contributed by atoms with Gasteiger partial charge in [-0.15, -0.1) is 11.3 Å². The van der Waals surface area contributed by atoms with Gasteiger partial charge in [0.05, 0.1) is 17.4 Å². The molecule has 4 rings (SSSR count). The average Bonchev–Trinajstić information content (AvgIpc) is 3.28. The van der Waals surface area contributed by atoms with Gasteiger partial charge in [-0.25, -0.2) is 4.98 Å². The van der Waals surface area contributed by atoms with E-state index in [1.165, 1.54) is 22.5 Å². The summed E-state index contributed by atoms with van der Waals surface area (Å²) in [6.45, 7) is 2.71. The van der Waals surface area contributed by atoms with Crippen LogP contribution >= 0.6 is 22.9 Å². The van der Waals surface area contributed by atoms with Gasteiger partial charge in [-0.3, -0.25) is 9.69 Å². The van der Waals surface area contributed by atoms with Crippen molar-refractivity contribution in [2.75, 3.05) is 26.7 Å². The lowest BCUT2D eigenvalue weighted by Crippen LogP contribution is -2.39. The highest BCUT2D eigenvalue weighted by Crippen LogP contribution is 2.28. The quantitative estimate of drug-likeness (QED) is 0.703. The Bertz CT molecular complexity index is 993. The number of nitrogens with one attached hydrogen (secondary N) is 1. The molecule has 1 N–H and O–H groups in total. The van der Waals surface area contributed by atoms with Gasteiger partial charge in [0, 0.05) is 48.4 Å². The summed E-state index contributed by atoms with van der Waals surface area (Å²) in [5, 5.41) is 1.16. The molecule has 0 spiro atoms. The van der Waals surface area contributed by atoms with Gasteiger partial charge in [-0.2, -0.15) is 0 Å². The first-order valence-electron chi connectivity index (χ1n) is 8.92. The monoisotopic (exact) mass is 400 g/mol.